The molecule has 2 heterocycles. The van der Waals surface area contributed by atoms with Crippen molar-refractivity contribution in [1.29, 1.82) is 0 Å². The standard InChI is InChI=1S/C18H21BrN2/c1-3-7-21-10-11(2)8-13-12-5-4-6-15-17(12)14(9-16(13)21)18(19)20-15/h4-6,8,13,16,20H,3,7,9-10H2,1-2H3/t13-,16-/m1/s1. The van der Waals surface area contributed by atoms with Crippen molar-refractivity contribution in [3.05, 3.63) is 45.6 Å². The fraction of sp³-hybridized carbons (Fsp3) is 0.444. The van der Waals surface area contributed by atoms with Crippen LogP contribution in [-0.2, 0) is 6.42 Å². The molecule has 1 aromatic carbocycles. The molecule has 0 fully saturated rings. The third kappa shape index (κ3) is 2.01. The second kappa shape index (κ2) is 4.99. The summed E-state index contributed by atoms with van der Waals surface area (Å²) in [7, 11) is 0. The van der Waals surface area contributed by atoms with Crippen molar-refractivity contribution in [2.24, 2.45) is 0 Å². The van der Waals surface area contributed by atoms with Crippen molar-refractivity contribution in [3.63, 3.8) is 0 Å². The van der Waals surface area contributed by atoms with Crippen molar-refractivity contribution in [2.45, 2.75) is 38.6 Å². The minimum atomic E-state index is 0.546. The van der Waals surface area contributed by atoms with E-state index in [1.807, 2.05) is 0 Å². The van der Waals surface area contributed by atoms with Gasteiger partial charge in [0.05, 0.1) is 4.60 Å². The smallest absolute Gasteiger partial charge is 0.0864 e. The van der Waals surface area contributed by atoms with Gasteiger partial charge in [-0.2, -0.15) is 0 Å². The Morgan fingerprint density at radius 2 is 2.24 bits per heavy atom. The summed E-state index contributed by atoms with van der Waals surface area (Å²) in [4.78, 5) is 6.19. The molecular formula is C18H21BrN2. The highest BCUT2D eigenvalue weighted by atomic mass is 79.9. The van der Waals surface area contributed by atoms with Gasteiger partial charge in [-0.15, -0.1) is 0 Å². The summed E-state index contributed by atoms with van der Waals surface area (Å²) in [6.07, 6.45) is 4.88. The van der Waals surface area contributed by atoms with Crippen molar-refractivity contribution >= 4 is 26.8 Å². The van der Waals surface area contributed by atoms with Gasteiger partial charge in [0.2, 0.25) is 0 Å². The highest BCUT2D eigenvalue weighted by molar-refractivity contribution is 9.10. The Morgan fingerprint density at radius 1 is 1.38 bits per heavy atom. The fourth-order valence-corrected chi connectivity index (χ4v) is 4.79. The molecule has 0 unspecified atom stereocenters. The number of fused-ring (bicyclic) bond motifs is 2. The zero-order chi connectivity index (χ0) is 14.6. The number of aromatic nitrogens is 1. The number of halogens is 1. The predicted molar refractivity (Wildman–Crippen MR) is 91.9 cm³/mol. The van der Waals surface area contributed by atoms with Gasteiger partial charge in [-0.1, -0.05) is 30.7 Å². The number of rotatable bonds is 2. The maximum Gasteiger partial charge on any atom is 0.0864 e. The Morgan fingerprint density at radius 3 is 3.05 bits per heavy atom. The van der Waals surface area contributed by atoms with Crippen molar-refractivity contribution in [3.8, 4) is 0 Å². The van der Waals surface area contributed by atoms with Crippen LogP contribution in [0.5, 0.6) is 0 Å². The van der Waals surface area contributed by atoms with E-state index in [9.17, 15) is 0 Å². The van der Waals surface area contributed by atoms with E-state index in [1.165, 1.54) is 45.2 Å². The Balaban J connectivity index is 1.91. The van der Waals surface area contributed by atoms with Crippen LogP contribution in [0.25, 0.3) is 10.9 Å². The molecule has 2 aromatic rings. The molecule has 1 aliphatic heterocycles. The lowest BCUT2D eigenvalue weighted by Crippen LogP contribution is -2.46. The highest BCUT2D eigenvalue weighted by Gasteiger charge is 2.37. The van der Waals surface area contributed by atoms with Crippen molar-refractivity contribution in [1.82, 2.24) is 9.88 Å². The summed E-state index contributed by atoms with van der Waals surface area (Å²) >= 11 is 3.74. The molecule has 0 radical (unpaired) electrons. The average molecular weight is 345 g/mol. The summed E-state index contributed by atoms with van der Waals surface area (Å²) in [6, 6.07) is 7.31. The zero-order valence-electron chi connectivity index (χ0n) is 12.6. The SMILES string of the molecule is CCCN1CC(C)=C[C@@H]2c3cccc4[nH]c(Br)c(c34)C[C@H]21. The summed E-state index contributed by atoms with van der Waals surface area (Å²) in [5.74, 6) is 0.546. The van der Waals surface area contributed by atoms with Crippen LogP contribution in [0.4, 0.5) is 0 Å². The summed E-state index contributed by atoms with van der Waals surface area (Å²) in [5, 5.41) is 1.45. The van der Waals surface area contributed by atoms with E-state index >= 15 is 0 Å². The molecule has 3 heteroatoms. The van der Waals surface area contributed by atoms with Crippen LogP contribution in [0.2, 0.25) is 0 Å². The molecule has 21 heavy (non-hydrogen) atoms. The van der Waals surface area contributed by atoms with Gasteiger partial charge in [0.15, 0.2) is 0 Å². The number of nitrogens with one attached hydrogen (secondary N) is 1. The minimum Gasteiger partial charge on any atom is -0.349 e. The van der Waals surface area contributed by atoms with Crippen LogP contribution in [0.15, 0.2) is 34.5 Å². The molecule has 2 aliphatic rings. The third-order valence-electron chi connectivity index (χ3n) is 4.99. The lowest BCUT2D eigenvalue weighted by atomic mass is 9.76. The Labute approximate surface area is 134 Å². The molecule has 1 N–H and O–H groups in total. The second-order valence-corrected chi connectivity index (χ2v) is 7.26. The van der Waals surface area contributed by atoms with E-state index in [4.69, 9.17) is 0 Å². The highest BCUT2D eigenvalue weighted by Crippen LogP contribution is 2.44. The number of benzene rings is 1. The summed E-state index contributed by atoms with van der Waals surface area (Å²) < 4.78 is 1.17. The van der Waals surface area contributed by atoms with Gasteiger partial charge in [0.25, 0.3) is 0 Å². The molecular weight excluding hydrogens is 324 g/mol. The van der Waals surface area contributed by atoms with Crippen molar-refractivity contribution in [2.75, 3.05) is 13.1 Å². The van der Waals surface area contributed by atoms with Gasteiger partial charge >= 0.3 is 0 Å². The molecule has 0 amide bonds. The fourth-order valence-electron chi connectivity index (χ4n) is 4.21. The monoisotopic (exact) mass is 344 g/mol. The molecule has 2 nitrogen and oxygen atoms in total. The topological polar surface area (TPSA) is 19.0 Å². The lowest BCUT2D eigenvalue weighted by Gasteiger charge is -2.42. The number of hydrogen-bond acceptors (Lipinski definition) is 1. The molecule has 110 valence electrons. The molecule has 1 aromatic heterocycles. The van der Waals surface area contributed by atoms with Gasteiger partial charge in [-0.3, -0.25) is 4.90 Å². The largest absolute Gasteiger partial charge is 0.349 e. The number of aromatic amines is 1. The van der Waals surface area contributed by atoms with E-state index in [0.29, 0.717) is 12.0 Å². The van der Waals surface area contributed by atoms with E-state index < -0.39 is 0 Å². The molecule has 0 bridgehead atoms. The average Bonchev–Trinajstić information content (AvgIpc) is 2.78. The zero-order valence-corrected chi connectivity index (χ0v) is 14.2. The van der Waals surface area contributed by atoms with Crippen LogP contribution in [-0.4, -0.2) is 29.0 Å². The molecule has 4 rings (SSSR count). The minimum absolute atomic E-state index is 0.546. The van der Waals surface area contributed by atoms with Gasteiger partial charge in [0, 0.05) is 29.4 Å². The van der Waals surface area contributed by atoms with Gasteiger partial charge in [-0.25, -0.2) is 0 Å². The van der Waals surface area contributed by atoms with Crippen LogP contribution in [0, 0.1) is 0 Å². The second-order valence-electron chi connectivity index (χ2n) is 6.47. The normalized spacial score (nSPS) is 25.0. The summed E-state index contributed by atoms with van der Waals surface area (Å²) in [6.45, 7) is 6.88. The first-order chi connectivity index (χ1) is 10.2. The van der Waals surface area contributed by atoms with E-state index in [2.05, 4.69) is 63.9 Å². The van der Waals surface area contributed by atoms with Crippen LogP contribution < -0.4 is 0 Å². The van der Waals surface area contributed by atoms with Gasteiger partial charge in [0.1, 0.15) is 0 Å². The third-order valence-corrected chi connectivity index (χ3v) is 5.67. The first kappa shape index (κ1) is 13.6. The quantitative estimate of drug-likeness (QED) is 0.788. The van der Waals surface area contributed by atoms with Crippen molar-refractivity contribution < 1.29 is 0 Å². The molecule has 1 aliphatic carbocycles. The predicted octanol–water partition coefficient (Wildman–Crippen LogP) is 4.61. The Hall–Kier alpha value is -1.06. The van der Waals surface area contributed by atoms with Crippen LogP contribution in [0.1, 0.15) is 37.3 Å². The van der Waals surface area contributed by atoms with Crippen LogP contribution >= 0.6 is 15.9 Å². The van der Waals surface area contributed by atoms with E-state index in [1.54, 1.807) is 0 Å². The maximum absolute atomic E-state index is 3.74. The Bertz CT molecular complexity index is 728. The first-order valence-corrected chi connectivity index (χ1v) is 8.68. The summed E-state index contributed by atoms with van der Waals surface area (Å²) in [5.41, 5.74) is 5.75. The first-order valence-electron chi connectivity index (χ1n) is 7.89. The van der Waals surface area contributed by atoms with E-state index in [-0.39, 0.29) is 0 Å². The molecule has 0 saturated heterocycles. The molecule has 2 atom stereocenters. The van der Waals surface area contributed by atoms with Gasteiger partial charge < -0.3 is 4.98 Å². The number of nitrogens with zero attached hydrogens (tertiary/aromatic N) is 1. The molecule has 0 saturated carbocycles. The Kier molecular flexibility index (Phi) is 3.23. The lowest BCUT2D eigenvalue weighted by molar-refractivity contribution is 0.182. The number of hydrogen-bond donors (Lipinski definition) is 1. The van der Waals surface area contributed by atoms with Gasteiger partial charge in [-0.05, 0) is 59.4 Å². The van der Waals surface area contributed by atoms with E-state index in [0.717, 1.165) is 13.0 Å². The van der Waals surface area contributed by atoms with Crippen LogP contribution in [0.3, 0.4) is 0 Å². The maximum atomic E-state index is 3.74. The number of H-pyrrole nitrogens is 1. The molecule has 0 spiro atoms.